The zero-order valence-electron chi connectivity index (χ0n) is 11.7. The number of rotatable bonds is 11. The fourth-order valence-corrected chi connectivity index (χ4v) is 1.44. The first-order valence-corrected chi connectivity index (χ1v) is 6.56. The van der Waals surface area contributed by atoms with Crippen LogP contribution in [0, 0.1) is 5.82 Å². The lowest BCUT2D eigenvalue weighted by Crippen LogP contribution is -2.33. The van der Waals surface area contributed by atoms with E-state index in [-0.39, 0.29) is 12.4 Å². The molecule has 0 saturated carbocycles. The van der Waals surface area contributed by atoms with Crippen LogP contribution in [-0.4, -0.2) is 57.8 Å². The quantitative estimate of drug-likeness (QED) is 0.590. The van der Waals surface area contributed by atoms with Crippen LogP contribution < -0.4 is 10.1 Å². The molecule has 1 aromatic rings. The number of aliphatic hydroxyl groups is 1. The van der Waals surface area contributed by atoms with Gasteiger partial charge in [0.05, 0.1) is 19.8 Å². The highest BCUT2D eigenvalue weighted by atomic mass is 19.1. The second-order valence-electron chi connectivity index (χ2n) is 4.23. The molecule has 0 fully saturated rings. The van der Waals surface area contributed by atoms with Gasteiger partial charge >= 0.3 is 0 Å². The summed E-state index contributed by atoms with van der Waals surface area (Å²) >= 11 is 0. The van der Waals surface area contributed by atoms with Crippen LogP contribution in [0.15, 0.2) is 24.3 Å². The van der Waals surface area contributed by atoms with Gasteiger partial charge in [0.1, 0.15) is 24.3 Å². The number of hydrogen-bond acceptors (Lipinski definition) is 5. The Kier molecular flexibility index (Phi) is 8.90. The van der Waals surface area contributed by atoms with Crippen LogP contribution in [0.25, 0.3) is 0 Å². The zero-order chi connectivity index (χ0) is 14.6. The lowest BCUT2D eigenvalue weighted by Gasteiger charge is -2.13. The molecule has 5 nitrogen and oxygen atoms in total. The molecule has 114 valence electrons. The van der Waals surface area contributed by atoms with Gasteiger partial charge in [-0.1, -0.05) is 0 Å². The summed E-state index contributed by atoms with van der Waals surface area (Å²) in [5.41, 5.74) is 0. The second-order valence-corrected chi connectivity index (χ2v) is 4.23. The molecule has 0 aromatic heterocycles. The minimum absolute atomic E-state index is 0.156. The lowest BCUT2D eigenvalue weighted by molar-refractivity contribution is 0.0679. The Bertz CT molecular complexity index is 348. The van der Waals surface area contributed by atoms with Gasteiger partial charge in [-0.15, -0.1) is 0 Å². The molecule has 2 N–H and O–H groups in total. The first-order valence-electron chi connectivity index (χ1n) is 6.56. The van der Waals surface area contributed by atoms with Crippen molar-refractivity contribution in [2.75, 3.05) is 46.6 Å². The molecule has 0 aliphatic heterocycles. The molecule has 0 bridgehead atoms. The number of hydrogen-bond donors (Lipinski definition) is 2. The molecule has 1 rings (SSSR count). The zero-order valence-corrected chi connectivity index (χ0v) is 11.7. The van der Waals surface area contributed by atoms with E-state index in [0.29, 0.717) is 38.7 Å². The van der Waals surface area contributed by atoms with E-state index in [1.54, 1.807) is 7.11 Å². The van der Waals surface area contributed by atoms with Gasteiger partial charge in [0.15, 0.2) is 0 Å². The van der Waals surface area contributed by atoms with Crippen molar-refractivity contribution >= 4 is 0 Å². The molecule has 0 radical (unpaired) electrons. The molecule has 0 aliphatic carbocycles. The Morgan fingerprint density at radius 3 is 2.65 bits per heavy atom. The summed E-state index contributed by atoms with van der Waals surface area (Å²) in [5, 5.41) is 12.7. The van der Waals surface area contributed by atoms with Crippen molar-refractivity contribution in [2.45, 2.75) is 6.10 Å². The number of benzene rings is 1. The Morgan fingerprint density at radius 1 is 1.20 bits per heavy atom. The van der Waals surface area contributed by atoms with Crippen molar-refractivity contribution in [3.63, 3.8) is 0 Å². The SMILES string of the molecule is COCCOCCNCC(O)COc1ccc(F)cc1. The summed E-state index contributed by atoms with van der Waals surface area (Å²) in [6.07, 6.45) is -0.626. The molecule has 20 heavy (non-hydrogen) atoms. The van der Waals surface area contributed by atoms with E-state index < -0.39 is 6.10 Å². The third kappa shape index (κ3) is 8.06. The standard InChI is InChI=1S/C14H22FNO4/c1-18-8-9-19-7-6-16-10-13(17)11-20-14-4-2-12(15)3-5-14/h2-5,13,16-17H,6-11H2,1H3. The molecule has 1 unspecified atom stereocenters. The van der Waals surface area contributed by atoms with Gasteiger partial charge in [-0.2, -0.15) is 0 Å². The number of aliphatic hydroxyl groups excluding tert-OH is 1. The minimum atomic E-state index is -0.626. The van der Waals surface area contributed by atoms with Gasteiger partial charge in [-0.3, -0.25) is 0 Å². The largest absolute Gasteiger partial charge is 0.491 e. The van der Waals surface area contributed by atoms with Crippen molar-refractivity contribution in [3.8, 4) is 5.75 Å². The van der Waals surface area contributed by atoms with E-state index in [1.807, 2.05) is 0 Å². The molecular formula is C14H22FNO4. The van der Waals surface area contributed by atoms with E-state index in [2.05, 4.69) is 5.32 Å². The van der Waals surface area contributed by atoms with Gasteiger partial charge < -0.3 is 24.6 Å². The van der Waals surface area contributed by atoms with Crippen LogP contribution in [0.3, 0.4) is 0 Å². The summed E-state index contributed by atoms with van der Waals surface area (Å²) in [7, 11) is 1.62. The smallest absolute Gasteiger partial charge is 0.123 e. The molecule has 1 atom stereocenters. The molecule has 1 aromatic carbocycles. The first-order chi connectivity index (χ1) is 9.72. The summed E-state index contributed by atoms with van der Waals surface area (Å²) in [6, 6.07) is 5.69. The molecule has 0 saturated heterocycles. The van der Waals surface area contributed by atoms with E-state index in [1.165, 1.54) is 24.3 Å². The van der Waals surface area contributed by atoms with Gasteiger partial charge in [-0.05, 0) is 24.3 Å². The highest BCUT2D eigenvalue weighted by molar-refractivity contribution is 5.22. The Morgan fingerprint density at radius 2 is 1.95 bits per heavy atom. The van der Waals surface area contributed by atoms with Crippen molar-refractivity contribution in [2.24, 2.45) is 0 Å². The van der Waals surface area contributed by atoms with E-state index in [9.17, 15) is 9.50 Å². The minimum Gasteiger partial charge on any atom is -0.491 e. The Balaban J connectivity index is 2.00. The fraction of sp³-hybridized carbons (Fsp3) is 0.571. The molecule has 6 heteroatoms. The van der Waals surface area contributed by atoms with Gasteiger partial charge in [0, 0.05) is 20.2 Å². The van der Waals surface area contributed by atoms with E-state index >= 15 is 0 Å². The lowest BCUT2D eigenvalue weighted by atomic mass is 10.3. The van der Waals surface area contributed by atoms with Crippen molar-refractivity contribution in [1.82, 2.24) is 5.32 Å². The van der Waals surface area contributed by atoms with E-state index in [0.717, 1.165) is 0 Å². The number of ether oxygens (including phenoxy) is 3. The average molecular weight is 287 g/mol. The van der Waals surface area contributed by atoms with Gasteiger partial charge in [0.2, 0.25) is 0 Å². The molecule has 0 heterocycles. The van der Waals surface area contributed by atoms with Crippen LogP contribution >= 0.6 is 0 Å². The Hall–Kier alpha value is -1.21. The summed E-state index contributed by atoms with van der Waals surface area (Å²) in [5.74, 6) is 0.224. The van der Waals surface area contributed by atoms with Crippen LogP contribution in [0.2, 0.25) is 0 Å². The summed E-state index contributed by atoms with van der Waals surface area (Å²) in [4.78, 5) is 0. The monoisotopic (exact) mass is 287 g/mol. The third-order valence-corrected chi connectivity index (χ3v) is 2.49. The van der Waals surface area contributed by atoms with Crippen LogP contribution in [0.4, 0.5) is 4.39 Å². The maximum Gasteiger partial charge on any atom is 0.123 e. The molecule has 0 amide bonds. The van der Waals surface area contributed by atoms with Crippen LogP contribution in [0.1, 0.15) is 0 Å². The van der Waals surface area contributed by atoms with Gasteiger partial charge in [0.25, 0.3) is 0 Å². The summed E-state index contributed by atoms with van der Waals surface area (Å²) < 4.78 is 28.1. The normalized spacial score (nSPS) is 12.3. The average Bonchev–Trinajstić information content (AvgIpc) is 2.46. The molecule has 0 aliphatic rings. The van der Waals surface area contributed by atoms with Crippen molar-refractivity contribution in [1.29, 1.82) is 0 Å². The maximum atomic E-state index is 12.7. The predicted octanol–water partition coefficient (Wildman–Crippen LogP) is 0.818. The third-order valence-electron chi connectivity index (χ3n) is 2.49. The van der Waals surface area contributed by atoms with Crippen molar-refractivity contribution in [3.05, 3.63) is 30.1 Å². The first kappa shape index (κ1) is 16.8. The number of halogens is 1. The predicted molar refractivity (Wildman–Crippen MR) is 73.5 cm³/mol. The highest BCUT2D eigenvalue weighted by Gasteiger charge is 2.04. The van der Waals surface area contributed by atoms with Crippen LogP contribution in [0.5, 0.6) is 5.75 Å². The van der Waals surface area contributed by atoms with Crippen molar-refractivity contribution < 1.29 is 23.7 Å². The highest BCUT2D eigenvalue weighted by Crippen LogP contribution is 2.10. The topological polar surface area (TPSA) is 60.0 Å². The number of methoxy groups -OCH3 is 1. The van der Waals surface area contributed by atoms with E-state index in [4.69, 9.17) is 14.2 Å². The molecular weight excluding hydrogens is 265 g/mol. The fourth-order valence-electron chi connectivity index (χ4n) is 1.44. The molecule has 0 spiro atoms. The van der Waals surface area contributed by atoms with Gasteiger partial charge in [-0.25, -0.2) is 4.39 Å². The summed E-state index contributed by atoms with van der Waals surface area (Å²) in [6.45, 7) is 2.92. The second kappa shape index (κ2) is 10.6. The Labute approximate surface area is 118 Å². The van der Waals surface area contributed by atoms with Crippen LogP contribution in [-0.2, 0) is 9.47 Å². The number of nitrogens with one attached hydrogen (secondary N) is 1. The maximum absolute atomic E-state index is 12.7.